The van der Waals surface area contributed by atoms with Crippen molar-refractivity contribution in [2.75, 3.05) is 6.26 Å². The number of aromatic nitrogens is 3. The summed E-state index contributed by atoms with van der Waals surface area (Å²) in [5.74, 6) is 3.06. The van der Waals surface area contributed by atoms with Gasteiger partial charge in [0.05, 0.1) is 27.7 Å². The van der Waals surface area contributed by atoms with Gasteiger partial charge in [0.2, 0.25) is 0 Å². The first-order chi connectivity index (χ1) is 24.5. The Labute approximate surface area is 306 Å². The maximum Gasteiger partial charge on any atom is 0.153 e. The van der Waals surface area contributed by atoms with Gasteiger partial charge in [-0.2, -0.15) is 5.10 Å². The number of halogens is 3. The molecule has 0 spiro atoms. The Bertz CT molecular complexity index is 2510. The molecule has 2 aromatic heterocycles. The molecule has 0 aliphatic carbocycles. The number of aryl methyl sites for hydroxylation is 1. The summed E-state index contributed by atoms with van der Waals surface area (Å²) >= 11 is 6.67. The van der Waals surface area contributed by atoms with Gasteiger partial charge in [0, 0.05) is 54.6 Å². The number of nitrogens with zero attached hydrogens (tertiary/aromatic N) is 3. The van der Waals surface area contributed by atoms with Crippen LogP contribution in [0.5, 0.6) is 0 Å². The van der Waals surface area contributed by atoms with Crippen LogP contribution in [0, 0.1) is 23.5 Å². The fourth-order valence-electron chi connectivity index (χ4n) is 6.53. The Hall–Kier alpha value is -4.95. The van der Waals surface area contributed by atoms with Gasteiger partial charge >= 0.3 is 0 Å². The van der Waals surface area contributed by atoms with Crippen LogP contribution >= 0.6 is 11.6 Å². The zero-order chi connectivity index (χ0) is 37.4. The van der Waals surface area contributed by atoms with Crippen LogP contribution in [0.1, 0.15) is 54.4 Å². The zero-order valence-electron chi connectivity index (χ0n) is 29.0. The number of ketones is 1. The van der Waals surface area contributed by atoms with E-state index in [9.17, 15) is 27.1 Å². The summed E-state index contributed by atoms with van der Waals surface area (Å²) in [6.07, 6.45) is 1.26. The lowest BCUT2D eigenvalue weighted by Crippen LogP contribution is -2.16. The molecule has 52 heavy (non-hydrogen) atoms. The van der Waals surface area contributed by atoms with E-state index in [2.05, 4.69) is 16.9 Å². The maximum absolute atomic E-state index is 14.5. The van der Waals surface area contributed by atoms with Crippen molar-refractivity contribution in [3.63, 3.8) is 0 Å². The number of carbonyl (C=O) groups excluding carboxylic acids is 1. The minimum absolute atomic E-state index is 0.0330. The molecule has 6 rings (SSSR count). The number of benzene rings is 4. The van der Waals surface area contributed by atoms with Crippen LogP contribution in [0.15, 0.2) is 84.9 Å². The number of hydrogen-bond donors (Lipinski definition) is 1. The molecular formula is C41H36ClF2N3O4S. The number of sulfone groups is 1. The van der Waals surface area contributed by atoms with Crippen molar-refractivity contribution in [3.05, 3.63) is 130 Å². The second-order valence-corrected chi connectivity index (χ2v) is 16.2. The molecule has 1 atom stereocenters. The summed E-state index contributed by atoms with van der Waals surface area (Å²) in [6.45, 7) is 3.09. The van der Waals surface area contributed by atoms with Gasteiger partial charge in [-0.15, -0.1) is 0 Å². The zero-order valence-corrected chi connectivity index (χ0v) is 30.6. The molecule has 4 aromatic carbocycles. The molecule has 0 fully saturated rings. The van der Waals surface area contributed by atoms with E-state index in [4.69, 9.17) is 16.6 Å². The van der Waals surface area contributed by atoms with Crippen LogP contribution in [-0.4, -0.2) is 45.9 Å². The van der Waals surface area contributed by atoms with E-state index in [-0.39, 0.29) is 36.5 Å². The number of hydrogen-bond acceptors (Lipinski definition) is 6. The number of Topliss-reactive ketones (excluding diaryl/α,β-unsaturated/α-hetero) is 1. The van der Waals surface area contributed by atoms with Gasteiger partial charge < -0.3 is 5.11 Å². The maximum atomic E-state index is 14.5. The van der Waals surface area contributed by atoms with Crippen LogP contribution in [-0.2, 0) is 40.3 Å². The molecule has 0 saturated carbocycles. The third-order valence-corrected chi connectivity index (χ3v) is 9.71. The molecule has 2 heterocycles. The summed E-state index contributed by atoms with van der Waals surface area (Å²) in [6, 6.07) is 23.9. The van der Waals surface area contributed by atoms with Crippen molar-refractivity contribution in [1.82, 2.24) is 14.8 Å². The number of rotatable bonds is 10. The first-order valence-electron chi connectivity index (χ1n) is 16.6. The lowest BCUT2D eigenvalue weighted by Gasteiger charge is -2.21. The largest absolute Gasteiger partial charge is 0.378 e. The third-order valence-electron chi connectivity index (χ3n) is 8.60. The minimum atomic E-state index is -3.47. The van der Waals surface area contributed by atoms with E-state index in [1.54, 1.807) is 49.8 Å². The van der Waals surface area contributed by atoms with Crippen LogP contribution in [0.3, 0.4) is 0 Å². The topological polar surface area (TPSA) is 102 Å². The Kier molecular flexibility index (Phi) is 10.3. The van der Waals surface area contributed by atoms with Gasteiger partial charge in [0.15, 0.2) is 9.84 Å². The summed E-state index contributed by atoms with van der Waals surface area (Å²) in [7, 11) is -1.78. The van der Waals surface area contributed by atoms with Gasteiger partial charge in [0.25, 0.3) is 0 Å². The number of aliphatic hydroxyl groups is 1. The van der Waals surface area contributed by atoms with Crippen molar-refractivity contribution in [2.45, 2.75) is 50.4 Å². The number of carbonyl (C=O) groups is 1. The van der Waals surface area contributed by atoms with Crippen LogP contribution in [0.4, 0.5) is 8.78 Å². The molecule has 0 aliphatic heterocycles. The van der Waals surface area contributed by atoms with E-state index in [1.807, 2.05) is 42.5 Å². The first-order valence-corrected chi connectivity index (χ1v) is 19.0. The standard InChI is InChI=1S/C41H36ClF2N3O4S/c1-41(2,49)16-15-32-11-12-34(35-13-14-36(42)38-37(24-52(4,50)51)46-47(3)40(35)38)39(45-32)29(18-26-19-30(43)23-31(44)20-26)22-33(48)21-25-9-10-27-7-5-6-8-28(27)17-25/h5-14,17,19-20,23,29,49H,18,21-22,24H2,1-4H3/t29-/m1/s1. The summed E-state index contributed by atoms with van der Waals surface area (Å²) in [5.41, 5.74) is 2.58. The van der Waals surface area contributed by atoms with Gasteiger partial charge in [-0.05, 0) is 78.4 Å². The highest BCUT2D eigenvalue weighted by molar-refractivity contribution is 7.89. The third kappa shape index (κ3) is 8.73. The SMILES string of the molecule is Cn1nc(CS(C)(=O)=O)c2c(Cl)ccc(-c3ccc(C#CC(C)(C)O)nc3[C@@H](CC(=O)Cc3ccc4ccccc4c3)Cc3cc(F)cc(F)c3)c21. The van der Waals surface area contributed by atoms with Gasteiger partial charge in [-0.25, -0.2) is 22.2 Å². The van der Waals surface area contributed by atoms with E-state index < -0.39 is 33.0 Å². The molecule has 6 aromatic rings. The fraction of sp³-hybridized carbons (Fsp3) is 0.244. The quantitative estimate of drug-likeness (QED) is 0.143. The lowest BCUT2D eigenvalue weighted by atomic mass is 9.85. The van der Waals surface area contributed by atoms with Crippen molar-refractivity contribution < 1.29 is 27.1 Å². The molecule has 0 amide bonds. The van der Waals surface area contributed by atoms with Crippen molar-refractivity contribution in [1.29, 1.82) is 0 Å². The number of pyridine rings is 1. The Morgan fingerprint density at radius 2 is 1.63 bits per heavy atom. The molecule has 0 aliphatic rings. The highest BCUT2D eigenvalue weighted by Crippen LogP contribution is 2.40. The van der Waals surface area contributed by atoms with Crippen LogP contribution in [0.25, 0.3) is 32.8 Å². The van der Waals surface area contributed by atoms with Crippen LogP contribution in [0.2, 0.25) is 5.02 Å². The second kappa shape index (κ2) is 14.6. The molecule has 0 bridgehead atoms. The monoisotopic (exact) mass is 739 g/mol. The molecule has 0 radical (unpaired) electrons. The molecule has 266 valence electrons. The molecular weight excluding hydrogens is 704 g/mol. The molecule has 0 saturated heterocycles. The number of fused-ring (bicyclic) bond motifs is 2. The first kappa shape index (κ1) is 36.8. The van der Waals surface area contributed by atoms with Gasteiger partial charge in [0.1, 0.15) is 28.7 Å². The van der Waals surface area contributed by atoms with Crippen molar-refractivity contribution in [3.8, 4) is 23.0 Å². The predicted octanol–water partition coefficient (Wildman–Crippen LogP) is 7.92. The van der Waals surface area contributed by atoms with E-state index in [0.717, 1.165) is 28.7 Å². The molecule has 7 nitrogen and oxygen atoms in total. The summed E-state index contributed by atoms with van der Waals surface area (Å²) in [4.78, 5) is 18.9. The van der Waals surface area contributed by atoms with Gasteiger partial charge in [-0.3, -0.25) is 9.48 Å². The van der Waals surface area contributed by atoms with Crippen molar-refractivity contribution >= 4 is 48.9 Å². The Morgan fingerprint density at radius 3 is 2.33 bits per heavy atom. The van der Waals surface area contributed by atoms with Crippen molar-refractivity contribution in [2.24, 2.45) is 7.05 Å². The predicted molar refractivity (Wildman–Crippen MR) is 201 cm³/mol. The van der Waals surface area contributed by atoms with E-state index >= 15 is 0 Å². The molecule has 11 heteroatoms. The van der Waals surface area contributed by atoms with E-state index in [1.165, 1.54) is 12.1 Å². The smallest absolute Gasteiger partial charge is 0.153 e. The molecule has 1 N–H and O–H groups in total. The Balaban J connectivity index is 1.52. The highest BCUT2D eigenvalue weighted by Gasteiger charge is 2.26. The minimum Gasteiger partial charge on any atom is -0.378 e. The van der Waals surface area contributed by atoms with Gasteiger partial charge in [-0.1, -0.05) is 66.1 Å². The molecule has 0 unspecified atom stereocenters. The highest BCUT2D eigenvalue weighted by atomic mass is 35.5. The average Bonchev–Trinajstić information content (AvgIpc) is 3.37. The van der Waals surface area contributed by atoms with Crippen LogP contribution < -0.4 is 0 Å². The van der Waals surface area contributed by atoms with E-state index in [0.29, 0.717) is 44.0 Å². The fourth-order valence-corrected chi connectivity index (χ4v) is 7.49. The normalized spacial score (nSPS) is 12.5. The second-order valence-electron chi connectivity index (χ2n) is 13.7. The summed E-state index contributed by atoms with van der Waals surface area (Å²) < 4.78 is 55.3. The average molecular weight is 740 g/mol. The summed E-state index contributed by atoms with van der Waals surface area (Å²) in [5, 5.41) is 17.7. The Morgan fingerprint density at radius 1 is 0.942 bits per heavy atom. The lowest BCUT2D eigenvalue weighted by molar-refractivity contribution is -0.118.